The van der Waals surface area contributed by atoms with Crippen LogP contribution in [0.3, 0.4) is 0 Å². The molecule has 0 aliphatic carbocycles. The van der Waals surface area contributed by atoms with Gasteiger partial charge in [-0.1, -0.05) is 357 Å². The third-order valence-corrected chi connectivity index (χ3v) is 21.2. The summed E-state index contributed by atoms with van der Waals surface area (Å²) >= 11 is 0. The molecular weight excluding hydrogens is 1290 g/mol. The Labute approximate surface area is 607 Å². The van der Waals surface area contributed by atoms with Crippen molar-refractivity contribution >= 4 is 39.5 Å². The molecular formula is C80H156O17P2. The Morgan fingerprint density at radius 1 is 0.283 bits per heavy atom. The van der Waals surface area contributed by atoms with Crippen LogP contribution in [0.5, 0.6) is 0 Å². The zero-order valence-corrected chi connectivity index (χ0v) is 66.9. The molecule has 0 spiro atoms. The van der Waals surface area contributed by atoms with Gasteiger partial charge >= 0.3 is 39.5 Å². The van der Waals surface area contributed by atoms with Gasteiger partial charge in [-0.2, -0.15) is 0 Å². The van der Waals surface area contributed by atoms with Crippen LogP contribution < -0.4 is 0 Å². The van der Waals surface area contributed by atoms with Crippen LogP contribution in [0.4, 0.5) is 0 Å². The molecule has 4 unspecified atom stereocenters. The van der Waals surface area contributed by atoms with Crippen molar-refractivity contribution in [3.05, 3.63) is 0 Å². The van der Waals surface area contributed by atoms with Gasteiger partial charge in [0.2, 0.25) is 0 Å². The lowest BCUT2D eigenvalue weighted by Crippen LogP contribution is -2.30. The Balaban J connectivity index is 5.18. The molecule has 3 N–H and O–H groups in total. The van der Waals surface area contributed by atoms with Gasteiger partial charge in [0, 0.05) is 25.7 Å². The van der Waals surface area contributed by atoms with Crippen molar-refractivity contribution in [2.45, 2.75) is 427 Å². The Morgan fingerprint density at radius 3 is 0.717 bits per heavy atom. The quantitative estimate of drug-likeness (QED) is 0.0222. The van der Waals surface area contributed by atoms with Crippen LogP contribution in [-0.4, -0.2) is 96.7 Å². The van der Waals surface area contributed by atoms with Crippen LogP contribution in [0.2, 0.25) is 0 Å². The number of carbonyl (C=O) groups excluding carboxylic acids is 4. The highest BCUT2D eigenvalue weighted by atomic mass is 31.2. The normalized spacial score (nSPS) is 14.6. The minimum Gasteiger partial charge on any atom is -0.462 e. The maximum absolute atomic E-state index is 13.1. The monoisotopic (exact) mass is 1450 g/mol. The lowest BCUT2D eigenvalue weighted by molar-refractivity contribution is -0.161. The minimum absolute atomic E-state index is 0.105. The summed E-state index contributed by atoms with van der Waals surface area (Å²) < 4.78 is 68.6. The van der Waals surface area contributed by atoms with Crippen molar-refractivity contribution < 1.29 is 80.2 Å². The number of aliphatic hydroxyl groups is 1. The fourth-order valence-corrected chi connectivity index (χ4v) is 13.8. The molecule has 0 aromatic rings. The van der Waals surface area contributed by atoms with Gasteiger partial charge < -0.3 is 33.8 Å². The molecule has 0 rings (SSSR count). The van der Waals surface area contributed by atoms with E-state index >= 15 is 0 Å². The molecule has 19 heteroatoms. The van der Waals surface area contributed by atoms with Crippen molar-refractivity contribution in [3.8, 4) is 0 Å². The third-order valence-electron chi connectivity index (χ3n) is 19.3. The standard InChI is InChI=1S/C80H156O17P2/c1-9-72(7)58-50-42-33-27-21-17-15-13-11-12-14-16-18-22-29-35-44-52-60-77(82)90-66-75(96-79(84)62-54-46-36-30-23-19-20-26-32-40-48-56-70(3)4)68-94-98(86,87)92-64-74(81)65-93-99(88,89)95-69-76(67-91-78(83)61-53-45-39-38-41-49-57-71(5)6)97-80(85)63-55-47-37-31-25-24-28-34-43-51-59-73(8)10-2/h70-76,81H,9-69H2,1-8H3,(H,86,87)(H,88,89)/t72?,73?,74-,75-,76-/m1/s1. The van der Waals surface area contributed by atoms with Crippen LogP contribution in [0.15, 0.2) is 0 Å². The van der Waals surface area contributed by atoms with Crippen LogP contribution >= 0.6 is 15.6 Å². The van der Waals surface area contributed by atoms with E-state index in [9.17, 15) is 43.2 Å². The van der Waals surface area contributed by atoms with Gasteiger partial charge in [0.15, 0.2) is 12.2 Å². The van der Waals surface area contributed by atoms with Gasteiger partial charge in [-0.25, -0.2) is 9.13 Å². The highest BCUT2D eigenvalue weighted by molar-refractivity contribution is 7.47. The van der Waals surface area contributed by atoms with E-state index in [2.05, 4.69) is 55.4 Å². The number of esters is 4. The third kappa shape index (κ3) is 71.5. The average Bonchev–Trinajstić information content (AvgIpc) is 0.982. The average molecular weight is 1450 g/mol. The molecule has 0 aromatic carbocycles. The zero-order valence-electron chi connectivity index (χ0n) is 65.1. The van der Waals surface area contributed by atoms with Crippen molar-refractivity contribution in [2.75, 3.05) is 39.6 Å². The Kier molecular flexibility index (Phi) is 67.8. The Morgan fingerprint density at radius 2 is 0.485 bits per heavy atom. The zero-order chi connectivity index (χ0) is 73.1. The highest BCUT2D eigenvalue weighted by Crippen LogP contribution is 2.45. The second kappa shape index (κ2) is 69.1. The largest absolute Gasteiger partial charge is 0.472 e. The minimum atomic E-state index is -4.96. The smallest absolute Gasteiger partial charge is 0.462 e. The van der Waals surface area contributed by atoms with Crippen LogP contribution in [0.1, 0.15) is 409 Å². The van der Waals surface area contributed by atoms with Crippen molar-refractivity contribution in [3.63, 3.8) is 0 Å². The van der Waals surface area contributed by atoms with E-state index < -0.39 is 97.5 Å². The maximum atomic E-state index is 13.1. The van der Waals surface area contributed by atoms with Crippen LogP contribution in [-0.2, 0) is 65.4 Å². The predicted octanol–water partition coefficient (Wildman–Crippen LogP) is 23.6. The number of phosphoric acid groups is 2. The van der Waals surface area contributed by atoms with E-state index in [1.54, 1.807) is 0 Å². The van der Waals surface area contributed by atoms with E-state index in [-0.39, 0.29) is 25.7 Å². The van der Waals surface area contributed by atoms with Gasteiger partial charge in [0.1, 0.15) is 19.3 Å². The molecule has 0 amide bonds. The molecule has 0 saturated carbocycles. The first-order chi connectivity index (χ1) is 47.7. The number of carbonyl (C=O) groups is 4. The predicted molar refractivity (Wildman–Crippen MR) is 404 cm³/mol. The Bertz CT molecular complexity index is 1940. The van der Waals surface area contributed by atoms with E-state index in [4.69, 9.17) is 37.0 Å². The summed E-state index contributed by atoms with van der Waals surface area (Å²) in [5.74, 6) is 1.00. The fourth-order valence-electron chi connectivity index (χ4n) is 12.2. The lowest BCUT2D eigenvalue weighted by atomic mass is 9.99. The van der Waals surface area contributed by atoms with Gasteiger partial charge in [-0.3, -0.25) is 37.3 Å². The van der Waals surface area contributed by atoms with Gasteiger partial charge in [-0.05, 0) is 49.4 Å². The molecule has 0 aliphatic rings. The Hall–Kier alpha value is -1.94. The second-order valence-corrected chi connectivity index (χ2v) is 33.1. The second-order valence-electron chi connectivity index (χ2n) is 30.2. The van der Waals surface area contributed by atoms with Crippen LogP contribution in [0, 0.1) is 23.7 Å². The maximum Gasteiger partial charge on any atom is 0.472 e. The molecule has 588 valence electrons. The topological polar surface area (TPSA) is 237 Å². The lowest BCUT2D eigenvalue weighted by Gasteiger charge is -2.21. The number of phosphoric ester groups is 2. The van der Waals surface area contributed by atoms with Gasteiger partial charge in [0.05, 0.1) is 26.4 Å². The first kappa shape index (κ1) is 97.1. The van der Waals surface area contributed by atoms with Crippen LogP contribution in [0.25, 0.3) is 0 Å². The molecule has 0 aromatic heterocycles. The SMILES string of the molecule is CCC(C)CCCCCCCCCCCCCCCCCCCCC(=O)OC[C@H](COP(=O)(O)OC[C@@H](O)COP(=O)(O)OC[C@@H](COC(=O)CCCCCCCCC(C)C)OC(=O)CCCCCCCCCCCCC(C)CC)OC(=O)CCCCCCCCCCCCCC(C)C. The highest BCUT2D eigenvalue weighted by Gasteiger charge is 2.30. The number of ether oxygens (including phenoxy) is 4. The molecule has 0 aliphatic heterocycles. The number of unbranched alkanes of at least 4 members (excludes halogenated alkanes) is 41. The number of hydrogen-bond acceptors (Lipinski definition) is 15. The van der Waals surface area contributed by atoms with Crippen molar-refractivity contribution in [2.24, 2.45) is 23.7 Å². The summed E-state index contributed by atoms with van der Waals surface area (Å²) in [6.07, 6.45) is 55.6. The fraction of sp³-hybridized carbons (Fsp3) is 0.950. The molecule has 0 fully saturated rings. The first-order valence-corrected chi connectivity index (χ1v) is 44.3. The summed E-state index contributed by atoms with van der Waals surface area (Å²) in [5, 5.41) is 10.6. The van der Waals surface area contributed by atoms with E-state index in [1.165, 1.54) is 205 Å². The molecule has 17 nitrogen and oxygen atoms in total. The van der Waals surface area contributed by atoms with Gasteiger partial charge in [-0.15, -0.1) is 0 Å². The summed E-state index contributed by atoms with van der Waals surface area (Å²) in [5.41, 5.74) is 0. The van der Waals surface area contributed by atoms with Crippen molar-refractivity contribution in [1.82, 2.24) is 0 Å². The summed E-state index contributed by atoms with van der Waals surface area (Å²) in [4.78, 5) is 72.9. The molecule has 0 bridgehead atoms. The molecule has 0 saturated heterocycles. The van der Waals surface area contributed by atoms with E-state index in [1.807, 2.05) is 0 Å². The van der Waals surface area contributed by atoms with E-state index in [0.717, 1.165) is 114 Å². The molecule has 99 heavy (non-hydrogen) atoms. The number of hydrogen-bond donors (Lipinski definition) is 3. The number of rotatable bonds is 77. The summed E-state index contributed by atoms with van der Waals surface area (Å²) in [6, 6.07) is 0. The first-order valence-electron chi connectivity index (χ1n) is 41.3. The summed E-state index contributed by atoms with van der Waals surface area (Å²) in [7, 11) is -9.92. The van der Waals surface area contributed by atoms with Crippen molar-refractivity contribution in [1.29, 1.82) is 0 Å². The molecule has 7 atom stereocenters. The number of aliphatic hydroxyl groups excluding tert-OH is 1. The van der Waals surface area contributed by atoms with E-state index in [0.29, 0.717) is 31.6 Å². The molecule has 0 radical (unpaired) electrons. The van der Waals surface area contributed by atoms with Gasteiger partial charge in [0.25, 0.3) is 0 Å². The summed E-state index contributed by atoms with van der Waals surface area (Å²) in [6.45, 7) is 14.2. The molecule has 0 heterocycles.